The molecule has 1 fully saturated rings. The van der Waals surface area contributed by atoms with E-state index in [4.69, 9.17) is 4.74 Å². The Morgan fingerprint density at radius 1 is 1.33 bits per heavy atom. The minimum Gasteiger partial charge on any atom is -0.376 e. The van der Waals surface area contributed by atoms with Gasteiger partial charge in [0.1, 0.15) is 11.6 Å². The van der Waals surface area contributed by atoms with E-state index in [0.29, 0.717) is 17.3 Å². The Balaban J connectivity index is 1.64. The standard InChI is InChI=1S/C19H19F2N3OS2/c1-12(15-10-13(20)6-7-16(15)21)27-19-23-22-18(17-5-3-9-26-17)24(19)11-14-4-2-8-25-14/h3,5-7,9-10,12,14H,2,4,8,11H2,1H3. The van der Waals surface area contributed by atoms with Crippen LogP contribution in [0.4, 0.5) is 8.78 Å². The predicted molar refractivity (Wildman–Crippen MR) is 103 cm³/mol. The summed E-state index contributed by atoms with van der Waals surface area (Å²) in [6.07, 6.45) is 2.18. The first-order valence-corrected chi connectivity index (χ1v) is 10.6. The Kier molecular flexibility index (Phi) is 5.56. The number of thiophene rings is 1. The zero-order chi connectivity index (χ0) is 18.8. The SMILES string of the molecule is CC(Sc1nnc(-c2cccs2)n1CC1CCCO1)c1cc(F)ccc1F. The Morgan fingerprint density at radius 2 is 2.22 bits per heavy atom. The second-order valence-corrected chi connectivity index (χ2v) is 8.71. The second kappa shape index (κ2) is 8.08. The van der Waals surface area contributed by atoms with E-state index >= 15 is 0 Å². The molecule has 0 amide bonds. The molecule has 0 aliphatic carbocycles. The summed E-state index contributed by atoms with van der Waals surface area (Å²) in [5.74, 6) is -0.0751. The number of halogens is 2. The van der Waals surface area contributed by atoms with Gasteiger partial charge in [-0.25, -0.2) is 8.78 Å². The first kappa shape index (κ1) is 18.6. The third-order valence-corrected chi connectivity index (χ3v) is 6.53. The first-order chi connectivity index (χ1) is 13.1. The van der Waals surface area contributed by atoms with Gasteiger partial charge in [0.05, 0.1) is 17.5 Å². The lowest BCUT2D eigenvalue weighted by atomic mass is 10.1. The highest BCUT2D eigenvalue weighted by Crippen LogP contribution is 2.37. The van der Waals surface area contributed by atoms with Crippen molar-refractivity contribution >= 4 is 23.1 Å². The highest BCUT2D eigenvalue weighted by molar-refractivity contribution is 7.99. The Hall–Kier alpha value is -1.77. The molecule has 3 heterocycles. The fourth-order valence-corrected chi connectivity index (χ4v) is 4.89. The molecule has 4 nitrogen and oxygen atoms in total. The van der Waals surface area contributed by atoms with E-state index in [1.165, 1.54) is 17.8 Å². The van der Waals surface area contributed by atoms with Crippen molar-refractivity contribution in [3.8, 4) is 10.7 Å². The van der Waals surface area contributed by atoms with Gasteiger partial charge in [0.15, 0.2) is 11.0 Å². The smallest absolute Gasteiger partial charge is 0.192 e. The summed E-state index contributed by atoms with van der Waals surface area (Å²) in [5.41, 5.74) is 0.323. The van der Waals surface area contributed by atoms with Crippen molar-refractivity contribution in [1.29, 1.82) is 0 Å². The van der Waals surface area contributed by atoms with Gasteiger partial charge < -0.3 is 4.74 Å². The second-order valence-electron chi connectivity index (χ2n) is 6.46. The molecule has 2 aromatic heterocycles. The zero-order valence-corrected chi connectivity index (χ0v) is 16.4. The number of nitrogens with zero attached hydrogens (tertiary/aromatic N) is 3. The van der Waals surface area contributed by atoms with E-state index in [0.717, 1.165) is 42.3 Å². The molecule has 1 aromatic carbocycles. The number of thioether (sulfide) groups is 1. The van der Waals surface area contributed by atoms with Gasteiger partial charge in [0, 0.05) is 17.4 Å². The van der Waals surface area contributed by atoms with Crippen LogP contribution < -0.4 is 0 Å². The first-order valence-electron chi connectivity index (χ1n) is 8.82. The molecule has 3 aromatic rings. The molecule has 1 aliphatic rings. The maximum Gasteiger partial charge on any atom is 0.192 e. The quantitative estimate of drug-likeness (QED) is 0.519. The van der Waals surface area contributed by atoms with Gasteiger partial charge in [-0.3, -0.25) is 4.57 Å². The molecule has 0 bridgehead atoms. The molecule has 0 saturated carbocycles. The summed E-state index contributed by atoms with van der Waals surface area (Å²) in [6.45, 7) is 3.27. The van der Waals surface area contributed by atoms with Crippen LogP contribution in [0.3, 0.4) is 0 Å². The summed E-state index contributed by atoms with van der Waals surface area (Å²) >= 11 is 2.98. The number of ether oxygens (including phenoxy) is 1. The number of benzene rings is 1. The van der Waals surface area contributed by atoms with Crippen LogP contribution in [0.1, 0.15) is 30.6 Å². The lowest BCUT2D eigenvalue weighted by molar-refractivity contribution is 0.0953. The molecule has 2 atom stereocenters. The van der Waals surface area contributed by atoms with Crippen molar-refractivity contribution in [3.05, 3.63) is 52.9 Å². The summed E-state index contributed by atoms with van der Waals surface area (Å²) in [4.78, 5) is 1.02. The van der Waals surface area contributed by atoms with Crippen LogP contribution in [-0.4, -0.2) is 27.5 Å². The zero-order valence-electron chi connectivity index (χ0n) is 14.8. The normalized spacial score (nSPS) is 18.1. The number of hydrogen-bond donors (Lipinski definition) is 0. The molecule has 142 valence electrons. The van der Waals surface area contributed by atoms with Crippen molar-refractivity contribution in [2.75, 3.05) is 6.61 Å². The fraction of sp³-hybridized carbons (Fsp3) is 0.368. The lowest BCUT2D eigenvalue weighted by Gasteiger charge is -2.16. The molecule has 8 heteroatoms. The monoisotopic (exact) mass is 407 g/mol. The average Bonchev–Trinajstić information content (AvgIpc) is 3.40. The topological polar surface area (TPSA) is 39.9 Å². The van der Waals surface area contributed by atoms with Crippen molar-refractivity contribution in [2.45, 2.75) is 42.8 Å². The molecule has 0 N–H and O–H groups in total. The molecule has 2 unspecified atom stereocenters. The van der Waals surface area contributed by atoms with Gasteiger partial charge in [0.2, 0.25) is 0 Å². The predicted octanol–water partition coefficient (Wildman–Crippen LogP) is 5.32. The van der Waals surface area contributed by atoms with Crippen LogP contribution in [0, 0.1) is 11.6 Å². The molecule has 1 saturated heterocycles. The van der Waals surface area contributed by atoms with Gasteiger partial charge in [-0.1, -0.05) is 17.8 Å². The van der Waals surface area contributed by atoms with Gasteiger partial charge in [-0.2, -0.15) is 0 Å². The third kappa shape index (κ3) is 4.07. The van der Waals surface area contributed by atoms with Crippen LogP contribution in [0.5, 0.6) is 0 Å². The minimum absolute atomic E-state index is 0.125. The molecule has 0 spiro atoms. The molecule has 0 radical (unpaired) electrons. The summed E-state index contributed by atoms with van der Waals surface area (Å²) in [6, 6.07) is 7.52. The summed E-state index contributed by atoms with van der Waals surface area (Å²) in [5, 5.41) is 11.1. The van der Waals surface area contributed by atoms with E-state index < -0.39 is 11.6 Å². The lowest BCUT2D eigenvalue weighted by Crippen LogP contribution is -2.16. The van der Waals surface area contributed by atoms with Gasteiger partial charge >= 0.3 is 0 Å². The van der Waals surface area contributed by atoms with Crippen LogP contribution in [0.25, 0.3) is 10.7 Å². The van der Waals surface area contributed by atoms with Crippen molar-refractivity contribution < 1.29 is 13.5 Å². The fourth-order valence-electron chi connectivity index (χ4n) is 3.17. The van der Waals surface area contributed by atoms with Crippen LogP contribution in [0.2, 0.25) is 0 Å². The van der Waals surface area contributed by atoms with Crippen molar-refractivity contribution in [3.63, 3.8) is 0 Å². The van der Waals surface area contributed by atoms with Gasteiger partial charge in [-0.15, -0.1) is 21.5 Å². The number of hydrogen-bond acceptors (Lipinski definition) is 5. The van der Waals surface area contributed by atoms with Crippen LogP contribution >= 0.6 is 23.1 Å². The molecular weight excluding hydrogens is 388 g/mol. The van der Waals surface area contributed by atoms with E-state index in [1.54, 1.807) is 11.3 Å². The summed E-state index contributed by atoms with van der Waals surface area (Å²) < 4.78 is 35.5. The Bertz CT molecular complexity index is 908. The van der Waals surface area contributed by atoms with Crippen molar-refractivity contribution in [2.24, 2.45) is 0 Å². The highest BCUT2D eigenvalue weighted by Gasteiger charge is 2.24. The van der Waals surface area contributed by atoms with E-state index in [9.17, 15) is 8.78 Å². The molecule has 27 heavy (non-hydrogen) atoms. The minimum atomic E-state index is -0.445. The molecule has 1 aliphatic heterocycles. The average molecular weight is 408 g/mol. The van der Waals surface area contributed by atoms with Crippen LogP contribution in [-0.2, 0) is 11.3 Å². The third-order valence-electron chi connectivity index (χ3n) is 4.55. The Morgan fingerprint density at radius 3 is 2.96 bits per heavy atom. The van der Waals surface area contributed by atoms with Gasteiger partial charge in [0.25, 0.3) is 0 Å². The number of aromatic nitrogens is 3. The van der Waals surface area contributed by atoms with E-state index in [-0.39, 0.29) is 11.4 Å². The highest BCUT2D eigenvalue weighted by atomic mass is 32.2. The number of rotatable bonds is 6. The van der Waals surface area contributed by atoms with Crippen LogP contribution in [0.15, 0.2) is 40.9 Å². The summed E-state index contributed by atoms with van der Waals surface area (Å²) in [7, 11) is 0. The van der Waals surface area contributed by atoms with E-state index in [1.807, 2.05) is 29.0 Å². The van der Waals surface area contributed by atoms with Crippen molar-refractivity contribution in [1.82, 2.24) is 14.8 Å². The Labute approximate surface area is 164 Å². The largest absolute Gasteiger partial charge is 0.376 e. The molecule has 4 rings (SSSR count). The van der Waals surface area contributed by atoms with Gasteiger partial charge in [-0.05, 0) is 49.4 Å². The maximum absolute atomic E-state index is 14.1. The van der Waals surface area contributed by atoms with E-state index in [2.05, 4.69) is 10.2 Å². The molecular formula is C19H19F2N3OS2. The maximum atomic E-state index is 14.1.